The lowest BCUT2D eigenvalue weighted by molar-refractivity contribution is -0.137. The third kappa shape index (κ3) is 3.64. The molecule has 0 aliphatic carbocycles. The summed E-state index contributed by atoms with van der Waals surface area (Å²) in [6.45, 7) is 3.46. The Balaban J connectivity index is 2.04. The number of hydrogen-bond acceptors (Lipinski definition) is 5. The molecule has 0 saturated carbocycles. The van der Waals surface area contributed by atoms with E-state index in [2.05, 4.69) is 20.6 Å². The lowest BCUT2D eigenvalue weighted by Gasteiger charge is -2.15. The Morgan fingerprint density at radius 2 is 1.92 bits per heavy atom. The molecule has 1 unspecified atom stereocenters. The van der Waals surface area contributed by atoms with Crippen molar-refractivity contribution in [3.05, 3.63) is 53.1 Å². The summed E-state index contributed by atoms with van der Waals surface area (Å²) in [7, 11) is 0. The number of carbonyl (C=O) groups is 1. The van der Waals surface area contributed by atoms with Crippen molar-refractivity contribution in [2.75, 3.05) is 10.6 Å². The number of halogens is 1. The van der Waals surface area contributed by atoms with Crippen molar-refractivity contribution >= 4 is 45.9 Å². The maximum Gasteiger partial charge on any atom is 0.325 e. The number of aromatic nitrogens is 2. The minimum absolute atomic E-state index is 0.365. The standard InChI is InChI=1S/C18H17ClN4O2/c1-10-13(19)7-5-9-14(10)21-18-22-15-8-4-3-6-12(15)16(23-18)20-11(2)17(24)25/h3-9,11H,1-2H3,(H,24,25)(H2,20,21,22,23). The summed E-state index contributed by atoms with van der Waals surface area (Å²) < 4.78 is 0. The Bertz CT molecular complexity index is 946. The van der Waals surface area contributed by atoms with Gasteiger partial charge in [-0.3, -0.25) is 4.79 Å². The molecule has 3 aromatic rings. The van der Waals surface area contributed by atoms with Gasteiger partial charge in [0.2, 0.25) is 5.95 Å². The first-order valence-corrected chi connectivity index (χ1v) is 8.12. The molecule has 7 heteroatoms. The van der Waals surface area contributed by atoms with Gasteiger partial charge in [-0.05, 0) is 43.7 Å². The van der Waals surface area contributed by atoms with Crippen LogP contribution in [0.5, 0.6) is 0 Å². The van der Waals surface area contributed by atoms with Gasteiger partial charge in [0.25, 0.3) is 0 Å². The molecule has 3 N–H and O–H groups in total. The second-order valence-electron chi connectivity index (χ2n) is 5.65. The zero-order valence-electron chi connectivity index (χ0n) is 13.7. The number of para-hydroxylation sites is 1. The quantitative estimate of drug-likeness (QED) is 0.634. The number of nitrogens with one attached hydrogen (secondary N) is 2. The molecule has 0 amide bonds. The fraction of sp³-hybridized carbons (Fsp3) is 0.167. The lowest BCUT2D eigenvalue weighted by atomic mass is 10.2. The molecule has 0 spiro atoms. The first-order chi connectivity index (χ1) is 12.0. The van der Waals surface area contributed by atoms with Crippen molar-refractivity contribution in [1.82, 2.24) is 9.97 Å². The van der Waals surface area contributed by atoms with E-state index in [4.69, 9.17) is 16.7 Å². The van der Waals surface area contributed by atoms with Crippen LogP contribution in [0.1, 0.15) is 12.5 Å². The van der Waals surface area contributed by atoms with Gasteiger partial charge in [-0.2, -0.15) is 4.98 Å². The van der Waals surface area contributed by atoms with Crippen LogP contribution in [0.25, 0.3) is 10.9 Å². The van der Waals surface area contributed by atoms with Crippen molar-refractivity contribution in [1.29, 1.82) is 0 Å². The van der Waals surface area contributed by atoms with E-state index in [9.17, 15) is 4.79 Å². The van der Waals surface area contributed by atoms with Gasteiger partial charge in [-0.15, -0.1) is 0 Å². The molecule has 1 heterocycles. The first kappa shape index (κ1) is 17.0. The van der Waals surface area contributed by atoms with Crippen LogP contribution in [0.15, 0.2) is 42.5 Å². The van der Waals surface area contributed by atoms with Gasteiger partial charge < -0.3 is 15.7 Å². The molecule has 2 aromatic carbocycles. The summed E-state index contributed by atoms with van der Waals surface area (Å²) in [5, 5.41) is 16.6. The number of carboxylic acids is 1. The monoisotopic (exact) mass is 356 g/mol. The summed E-state index contributed by atoms with van der Waals surface area (Å²) in [6, 6.07) is 12.2. The second kappa shape index (κ2) is 6.94. The third-order valence-electron chi connectivity index (χ3n) is 3.84. The molecular formula is C18H17ClN4O2. The van der Waals surface area contributed by atoms with E-state index in [1.54, 1.807) is 6.92 Å². The minimum Gasteiger partial charge on any atom is -0.480 e. The largest absolute Gasteiger partial charge is 0.480 e. The number of fused-ring (bicyclic) bond motifs is 1. The fourth-order valence-electron chi connectivity index (χ4n) is 2.37. The normalized spacial score (nSPS) is 12.0. The Morgan fingerprint density at radius 1 is 1.16 bits per heavy atom. The number of nitrogens with zero attached hydrogens (tertiary/aromatic N) is 2. The molecule has 128 valence electrons. The maximum atomic E-state index is 11.2. The molecule has 6 nitrogen and oxygen atoms in total. The van der Waals surface area contributed by atoms with Gasteiger partial charge in [0.05, 0.1) is 5.52 Å². The van der Waals surface area contributed by atoms with Crippen LogP contribution in [-0.4, -0.2) is 27.1 Å². The summed E-state index contributed by atoms with van der Waals surface area (Å²) >= 11 is 6.15. The number of carboxylic acid groups (broad SMARTS) is 1. The zero-order chi connectivity index (χ0) is 18.0. The topological polar surface area (TPSA) is 87.1 Å². The molecule has 0 saturated heterocycles. The highest BCUT2D eigenvalue weighted by molar-refractivity contribution is 6.31. The van der Waals surface area contributed by atoms with E-state index in [0.717, 1.165) is 16.6 Å². The number of hydrogen-bond donors (Lipinski definition) is 3. The van der Waals surface area contributed by atoms with E-state index in [1.807, 2.05) is 49.4 Å². The van der Waals surface area contributed by atoms with Crippen molar-refractivity contribution < 1.29 is 9.90 Å². The SMILES string of the molecule is Cc1c(Cl)cccc1Nc1nc(NC(C)C(=O)O)c2ccccc2n1. The fourth-order valence-corrected chi connectivity index (χ4v) is 2.55. The highest BCUT2D eigenvalue weighted by Gasteiger charge is 2.15. The molecule has 0 fully saturated rings. The number of aliphatic carboxylic acids is 1. The summed E-state index contributed by atoms with van der Waals surface area (Å²) in [6.07, 6.45) is 0. The average molecular weight is 357 g/mol. The molecule has 1 atom stereocenters. The van der Waals surface area contributed by atoms with Crippen LogP contribution in [0, 0.1) is 6.92 Å². The number of anilines is 3. The van der Waals surface area contributed by atoms with Gasteiger partial charge in [0.15, 0.2) is 0 Å². The summed E-state index contributed by atoms with van der Waals surface area (Å²) in [5.41, 5.74) is 2.38. The summed E-state index contributed by atoms with van der Waals surface area (Å²) in [5.74, 6) is -0.130. The van der Waals surface area contributed by atoms with E-state index in [0.29, 0.717) is 22.3 Å². The minimum atomic E-state index is -0.956. The van der Waals surface area contributed by atoms with Crippen molar-refractivity contribution in [2.24, 2.45) is 0 Å². The highest BCUT2D eigenvalue weighted by atomic mass is 35.5. The molecule has 0 aliphatic heterocycles. The second-order valence-corrected chi connectivity index (χ2v) is 6.06. The molecule has 0 bridgehead atoms. The third-order valence-corrected chi connectivity index (χ3v) is 4.25. The van der Waals surface area contributed by atoms with Crippen LogP contribution in [-0.2, 0) is 4.79 Å². The van der Waals surface area contributed by atoms with Gasteiger partial charge in [-0.25, -0.2) is 4.98 Å². The Labute approximate surface area is 149 Å². The van der Waals surface area contributed by atoms with Gasteiger partial charge in [-0.1, -0.05) is 29.8 Å². The maximum absolute atomic E-state index is 11.2. The Kier molecular flexibility index (Phi) is 4.72. The van der Waals surface area contributed by atoms with Crippen molar-refractivity contribution in [3.8, 4) is 0 Å². The van der Waals surface area contributed by atoms with Crippen LogP contribution in [0.4, 0.5) is 17.5 Å². The molecule has 1 aromatic heterocycles. The number of rotatable bonds is 5. The van der Waals surface area contributed by atoms with E-state index in [1.165, 1.54) is 0 Å². The van der Waals surface area contributed by atoms with Crippen molar-refractivity contribution in [3.63, 3.8) is 0 Å². The van der Waals surface area contributed by atoms with Gasteiger partial charge >= 0.3 is 5.97 Å². The van der Waals surface area contributed by atoms with Crippen LogP contribution in [0.3, 0.4) is 0 Å². The Hall–Kier alpha value is -2.86. The van der Waals surface area contributed by atoms with E-state index < -0.39 is 12.0 Å². The molecule has 3 rings (SSSR count). The van der Waals surface area contributed by atoms with Crippen LogP contribution >= 0.6 is 11.6 Å². The predicted octanol–water partition coefficient (Wildman–Crippen LogP) is 4.22. The molecule has 0 radical (unpaired) electrons. The van der Waals surface area contributed by atoms with E-state index >= 15 is 0 Å². The van der Waals surface area contributed by atoms with Gasteiger partial charge in [0, 0.05) is 16.1 Å². The lowest BCUT2D eigenvalue weighted by Crippen LogP contribution is -2.26. The van der Waals surface area contributed by atoms with Crippen LogP contribution < -0.4 is 10.6 Å². The highest BCUT2D eigenvalue weighted by Crippen LogP contribution is 2.27. The summed E-state index contributed by atoms with van der Waals surface area (Å²) in [4.78, 5) is 20.1. The average Bonchev–Trinajstić information content (AvgIpc) is 2.59. The molecular weight excluding hydrogens is 340 g/mol. The predicted molar refractivity (Wildman–Crippen MR) is 99.7 cm³/mol. The van der Waals surface area contributed by atoms with E-state index in [-0.39, 0.29) is 0 Å². The van der Waals surface area contributed by atoms with Crippen LogP contribution in [0.2, 0.25) is 5.02 Å². The van der Waals surface area contributed by atoms with Gasteiger partial charge in [0.1, 0.15) is 11.9 Å². The zero-order valence-corrected chi connectivity index (χ0v) is 14.5. The smallest absolute Gasteiger partial charge is 0.325 e. The van der Waals surface area contributed by atoms with Crippen molar-refractivity contribution in [2.45, 2.75) is 19.9 Å². The number of benzene rings is 2. The first-order valence-electron chi connectivity index (χ1n) is 7.74. The molecule has 25 heavy (non-hydrogen) atoms. The Morgan fingerprint density at radius 3 is 2.68 bits per heavy atom. The molecule has 0 aliphatic rings.